The van der Waals surface area contributed by atoms with Crippen LogP contribution >= 0.6 is 11.6 Å². The Morgan fingerprint density at radius 3 is 2.31 bits per heavy atom. The van der Waals surface area contributed by atoms with Gasteiger partial charge in [-0.05, 0) is 55.7 Å². The molecule has 1 aliphatic rings. The van der Waals surface area contributed by atoms with Crippen molar-refractivity contribution in [3.8, 4) is 0 Å². The average molecular weight is 413 g/mol. The van der Waals surface area contributed by atoms with Crippen molar-refractivity contribution in [2.75, 3.05) is 13.1 Å². The van der Waals surface area contributed by atoms with Gasteiger partial charge in [0.1, 0.15) is 0 Å². The van der Waals surface area contributed by atoms with Crippen LogP contribution in [0.25, 0.3) is 0 Å². The van der Waals surface area contributed by atoms with Crippen LogP contribution in [-0.2, 0) is 4.79 Å². The Balaban J connectivity index is 1.43. The number of nitrogens with zero attached hydrogens (tertiary/aromatic N) is 1. The number of carbonyl (C=O) groups excluding carboxylic acids is 3. The zero-order valence-electron chi connectivity index (χ0n) is 16.5. The minimum atomic E-state index is -0.0681. The second kappa shape index (κ2) is 9.70. The van der Waals surface area contributed by atoms with Crippen molar-refractivity contribution in [3.63, 3.8) is 0 Å². The number of halogens is 1. The number of amides is 2. The Bertz CT molecular complexity index is 887. The standard InChI is InChI=1S/C23H25ClN2O3/c1-16-4-2-3-5-20(16)23(29)25-19-12-14-26(15-13-19)22(28)11-10-21(27)17-6-8-18(24)9-7-17/h2-9,19H,10-15H2,1H3,(H,25,29). The zero-order valence-corrected chi connectivity index (χ0v) is 17.2. The van der Waals surface area contributed by atoms with Crippen molar-refractivity contribution >= 4 is 29.2 Å². The van der Waals surface area contributed by atoms with E-state index in [9.17, 15) is 14.4 Å². The molecule has 0 saturated carbocycles. The molecular weight excluding hydrogens is 388 g/mol. The number of carbonyl (C=O) groups is 3. The predicted octanol–water partition coefficient (Wildman–Crippen LogP) is 4.03. The quantitative estimate of drug-likeness (QED) is 0.728. The first kappa shape index (κ1) is 21.1. The van der Waals surface area contributed by atoms with Crippen LogP contribution in [0.4, 0.5) is 0 Å². The Kier molecular flexibility index (Phi) is 7.04. The van der Waals surface area contributed by atoms with Crippen LogP contribution in [0.1, 0.15) is 52.0 Å². The van der Waals surface area contributed by atoms with E-state index in [0.717, 1.165) is 5.56 Å². The number of likely N-dealkylation sites (tertiary alicyclic amines) is 1. The third-order valence-corrected chi connectivity index (χ3v) is 5.56. The molecule has 0 radical (unpaired) electrons. The van der Waals surface area contributed by atoms with Gasteiger partial charge in [-0.25, -0.2) is 0 Å². The number of hydrogen-bond acceptors (Lipinski definition) is 3. The number of benzene rings is 2. The van der Waals surface area contributed by atoms with E-state index < -0.39 is 0 Å². The highest BCUT2D eigenvalue weighted by atomic mass is 35.5. The first-order valence-corrected chi connectivity index (χ1v) is 10.2. The lowest BCUT2D eigenvalue weighted by molar-refractivity contribution is -0.132. The highest BCUT2D eigenvalue weighted by Gasteiger charge is 2.24. The van der Waals surface area contributed by atoms with Crippen molar-refractivity contribution in [2.45, 2.75) is 38.6 Å². The fourth-order valence-electron chi connectivity index (χ4n) is 3.52. The molecule has 2 aromatic rings. The second-order valence-electron chi connectivity index (χ2n) is 7.37. The third kappa shape index (κ3) is 5.67. The smallest absolute Gasteiger partial charge is 0.251 e. The number of hydrogen-bond donors (Lipinski definition) is 1. The van der Waals surface area contributed by atoms with Crippen molar-refractivity contribution in [2.24, 2.45) is 0 Å². The van der Waals surface area contributed by atoms with Gasteiger partial charge < -0.3 is 10.2 Å². The summed E-state index contributed by atoms with van der Waals surface area (Å²) in [5.74, 6) is -0.146. The van der Waals surface area contributed by atoms with E-state index in [-0.39, 0.29) is 36.5 Å². The summed E-state index contributed by atoms with van der Waals surface area (Å²) in [6.07, 6.45) is 1.81. The van der Waals surface area contributed by atoms with Crippen molar-refractivity contribution in [1.29, 1.82) is 0 Å². The monoisotopic (exact) mass is 412 g/mol. The molecule has 2 aromatic carbocycles. The molecule has 1 aliphatic heterocycles. The molecule has 2 amide bonds. The fraction of sp³-hybridized carbons (Fsp3) is 0.348. The normalized spacial score (nSPS) is 14.5. The summed E-state index contributed by atoms with van der Waals surface area (Å²) < 4.78 is 0. The Labute approximate surface area is 176 Å². The van der Waals surface area contributed by atoms with Gasteiger partial charge in [-0.3, -0.25) is 14.4 Å². The topological polar surface area (TPSA) is 66.5 Å². The molecule has 0 atom stereocenters. The number of rotatable bonds is 6. The summed E-state index contributed by atoms with van der Waals surface area (Å²) in [5.41, 5.74) is 2.20. The van der Waals surface area contributed by atoms with Crippen LogP contribution in [-0.4, -0.2) is 41.6 Å². The van der Waals surface area contributed by atoms with Gasteiger partial charge in [-0.1, -0.05) is 29.8 Å². The van der Waals surface area contributed by atoms with E-state index in [1.54, 1.807) is 29.2 Å². The van der Waals surface area contributed by atoms with Gasteiger partial charge in [0.2, 0.25) is 5.91 Å². The van der Waals surface area contributed by atoms with Crippen LogP contribution in [0.15, 0.2) is 48.5 Å². The molecule has 29 heavy (non-hydrogen) atoms. The molecule has 3 rings (SSSR count). The lowest BCUT2D eigenvalue weighted by Crippen LogP contribution is -2.46. The van der Waals surface area contributed by atoms with Crippen molar-refractivity contribution in [1.82, 2.24) is 10.2 Å². The number of nitrogens with one attached hydrogen (secondary N) is 1. The maximum atomic E-state index is 12.4. The molecule has 152 valence electrons. The Hall–Kier alpha value is -2.66. The van der Waals surface area contributed by atoms with Crippen molar-refractivity contribution in [3.05, 3.63) is 70.2 Å². The average Bonchev–Trinajstić information content (AvgIpc) is 2.73. The summed E-state index contributed by atoms with van der Waals surface area (Å²) in [5, 5.41) is 3.65. The lowest BCUT2D eigenvalue weighted by Gasteiger charge is -2.32. The first-order valence-electron chi connectivity index (χ1n) is 9.87. The molecule has 6 heteroatoms. The van der Waals surface area contributed by atoms with Gasteiger partial charge in [0.05, 0.1) is 0 Å². The summed E-state index contributed by atoms with van der Waals surface area (Å²) in [7, 11) is 0. The summed E-state index contributed by atoms with van der Waals surface area (Å²) in [4.78, 5) is 38.9. The molecular formula is C23H25ClN2O3. The Morgan fingerprint density at radius 1 is 1.00 bits per heavy atom. The number of ketones is 1. The number of aryl methyl sites for hydroxylation is 1. The predicted molar refractivity (Wildman–Crippen MR) is 113 cm³/mol. The van der Waals surface area contributed by atoms with E-state index in [0.29, 0.717) is 42.1 Å². The van der Waals surface area contributed by atoms with Gasteiger partial charge in [0.15, 0.2) is 5.78 Å². The van der Waals surface area contributed by atoms with E-state index in [1.165, 1.54) is 0 Å². The van der Waals surface area contributed by atoms with Crippen LogP contribution in [0.5, 0.6) is 0 Å². The molecule has 0 bridgehead atoms. The second-order valence-corrected chi connectivity index (χ2v) is 7.81. The molecule has 1 saturated heterocycles. The van der Waals surface area contributed by atoms with Gasteiger partial charge in [-0.15, -0.1) is 0 Å². The van der Waals surface area contributed by atoms with Crippen LogP contribution in [0.3, 0.4) is 0 Å². The summed E-state index contributed by atoms with van der Waals surface area (Å²) in [6, 6.07) is 14.3. The third-order valence-electron chi connectivity index (χ3n) is 5.30. The highest BCUT2D eigenvalue weighted by Crippen LogP contribution is 2.16. The number of Topliss-reactive ketones (excluding diaryl/α,β-unsaturated/α-hetero) is 1. The molecule has 0 aliphatic carbocycles. The zero-order chi connectivity index (χ0) is 20.8. The first-order chi connectivity index (χ1) is 13.9. The molecule has 1 fully saturated rings. The minimum Gasteiger partial charge on any atom is -0.349 e. The highest BCUT2D eigenvalue weighted by molar-refractivity contribution is 6.30. The van der Waals surface area contributed by atoms with Gasteiger partial charge in [-0.2, -0.15) is 0 Å². The molecule has 0 aromatic heterocycles. The van der Waals surface area contributed by atoms with Crippen LogP contribution in [0.2, 0.25) is 5.02 Å². The molecule has 0 spiro atoms. The Morgan fingerprint density at radius 2 is 1.66 bits per heavy atom. The molecule has 1 heterocycles. The fourth-order valence-corrected chi connectivity index (χ4v) is 3.65. The van der Waals surface area contributed by atoms with Crippen molar-refractivity contribution < 1.29 is 14.4 Å². The van der Waals surface area contributed by atoms with E-state index in [4.69, 9.17) is 11.6 Å². The van der Waals surface area contributed by atoms with E-state index in [2.05, 4.69) is 5.32 Å². The molecule has 0 unspecified atom stereocenters. The van der Waals surface area contributed by atoms with Gasteiger partial charge in [0.25, 0.3) is 5.91 Å². The van der Waals surface area contributed by atoms with Crippen LogP contribution in [0, 0.1) is 6.92 Å². The van der Waals surface area contributed by atoms with E-state index in [1.807, 2.05) is 31.2 Å². The summed E-state index contributed by atoms with van der Waals surface area (Å²) >= 11 is 5.83. The molecule has 1 N–H and O–H groups in total. The van der Waals surface area contributed by atoms with E-state index >= 15 is 0 Å². The number of piperidine rings is 1. The van der Waals surface area contributed by atoms with Gasteiger partial charge >= 0.3 is 0 Å². The summed E-state index contributed by atoms with van der Waals surface area (Å²) in [6.45, 7) is 3.10. The van der Waals surface area contributed by atoms with Gasteiger partial charge in [0, 0.05) is 48.1 Å². The van der Waals surface area contributed by atoms with Crippen LogP contribution < -0.4 is 5.32 Å². The molecule has 5 nitrogen and oxygen atoms in total. The lowest BCUT2D eigenvalue weighted by atomic mass is 10.0. The largest absolute Gasteiger partial charge is 0.349 e. The SMILES string of the molecule is Cc1ccccc1C(=O)NC1CCN(C(=O)CCC(=O)c2ccc(Cl)cc2)CC1. The maximum absolute atomic E-state index is 12.4. The minimum absolute atomic E-state index is 0.0176. The maximum Gasteiger partial charge on any atom is 0.251 e.